The number of carbonyl (C=O) groups excluding carboxylic acids is 1. The lowest BCUT2D eigenvalue weighted by Gasteiger charge is -2.06. The predicted molar refractivity (Wildman–Crippen MR) is 69.8 cm³/mol. The summed E-state index contributed by atoms with van der Waals surface area (Å²) in [5, 5.41) is 2.87. The molecule has 2 heterocycles. The highest BCUT2D eigenvalue weighted by Crippen LogP contribution is 2.11. The van der Waals surface area contributed by atoms with Crippen molar-refractivity contribution in [3.63, 3.8) is 0 Å². The maximum Gasteiger partial charge on any atom is 0.268 e. The van der Waals surface area contributed by atoms with Crippen LogP contribution >= 0.6 is 15.9 Å². The Morgan fingerprint density at radius 2 is 2.29 bits per heavy atom. The normalized spacial score (nSPS) is 10.5. The number of aromatic amines is 1. The first-order chi connectivity index (χ1) is 8.08. The summed E-state index contributed by atoms with van der Waals surface area (Å²) in [5.41, 5.74) is 2.82. The molecule has 0 bridgehead atoms. The number of amides is 1. The Bertz CT molecular complexity index is 542. The van der Waals surface area contributed by atoms with Crippen LogP contribution in [0.15, 0.2) is 28.9 Å². The molecule has 2 rings (SSSR count). The standard InChI is InChI=1S/C12H14BrN3O/c1-8-3-4-10(16(8)2)7-15-12(17)11-5-9(13)6-14-11/h3-6,14H,7H2,1-2H3,(H,15,17). The van der Waals surface area contributed by atoms with E-state index in [0.717, 1.165) is 10.2 Å². The summed E-state index contributed by atoms with van der Waals surface area (Å²) in [6.45, 7) is 2.56. The summed E-state index contributed by atoms with van der Waals surface area (Å²) >= 11 is 3.30. The van der Waals surface area contributed by atoms with Gasteiger partial charge in [0.25, 0.3) is 5.91 Å². The maximum atomic E-state index is 11.8. The first-order valence-corrected chi connectivity index (χ1v) is 6.10. The minimum absolute atomic E-state index is 0.102. The molecular formula is C12H14BrN3O. The molecule has 0 aliphatic rings. The molecule has 0 aliphatic heterocycles. The zero-order valence-corrected chi connectivity index (χ0v) is 11.3. The van der Waals surface area contributed by atoms with Crippen LogP contribution in [0.5, 0.6) is 0 Å². The van der Waals surface area contributed by atoms with Crippen LogP contribution in [-0.2, 0) is 13.6 Å². The third-order valence-electron chi connectivity index (χ3n) is 2.80. The van der Waals surface area contributed by atoms with Crippen LogP contribution in [0, 0.1) is 6.92 Å². The molecule has 1 amide bonds. The number of hydrogen-bond acceptors (Lipinski definition) is 1. The van der Waals surface area contributed by atoms with E-state index in [1.807, 2.05) is 26.1 Å². The molecule has 17 heavy (non-hydrogen) atoms. The second-order valence-electron chi connectivity index (χ2n) is 3.94. The highest BCUT2D eigenvalue weighted by Gasteiger charge is 2.08. The van der Waals surface area contributed by atoms with Gasteiger partial charge in [-0.25, -0.2) is 0 Å². The molecule has 4 nitrogen and oxygen atoms in total. The Morgan fingerprint density at radius 3 is 2.82 bits per heavy atom. The van der Waals surface area contributed by atoms with Crippen molar-refractivity contribution in [1.82, 2.24) is 14.9 Å². The van der Waals surface area contributed by atoms with E-state index in [0.29, 0.717) is 12.2 Å². The number of nitrogens with zero attached hydrogens (tertiary/aromatic N) is 1. The van der Waals surface area contributed by atoms with Gasteiger partial charge in [0.05, 0.1) is 6.54 Å². The van der Waals surface area contributed by atoms with Crippen molar-refractivity contribution in [3.05, 3.63) is 46.0 Å². The molecule has 0 radical (unpaired) electrons. The number of halogens is 1. The Morgan fingerprint density at radius 1 is 1.53 bits per heavy atom. The summed E-state index contributed by atoms with van der Waals surface area (Å²) in [6.07, 6.45) is 1.74. The van der Waals surface area contributed by atoms with Crippen molar-refractivity contribution in [2.24, 2.45) is 7.05 Å². The van der Waals surface area contributed by atoms with Gasteiger partial charge in [-0.05, 0) is 41.1 Å². The zero-order valence-electron chi connectivity index (χ0n) is 9.75. The van der Waals surface area contributed by atoms with Crippen LogP contribution < -0.4 is 5.32 Å². The molecular weight excluding hydrogens is 282 g/mol. The van der Waals surface area contributed by atoms with Crippen molar-refractivity contribution in [3.8, 4) is 0 Å². The Balaban J connectivity index is 1.99. The molecule has 0 atom stereocenters. The van der Waals surface area contributed by atoms with Gasteiger partial charge in [-0.1, -0.05) is 0 Å². The van der Waals surface area contributed by atoms with Crippen LogP contribution in [0.3, 0.4) is 0 Å². The summed E-state index contributed by atoms with van der Waals surface area (Å²) in [6, 6.07) is 5.80. The van der Waals surface area contributed by atoms with E-state index in [-0.39, 0.29) is 5.91 Å². The lowest BCUT2D eigenvalue weighted by molar-refractivity contribution is 0.0945. The van der Waals surface area contributed by atoms with E-state index in [2.05, 4.69) is 30.8 Å². The second kappa shape index (κ2) is 4.79. The number of aromatic nitrogens is 2. The fourth-order valence-electron chi connectivity index (χ4n) is 1.61. The van der Waals surface area contributed by atoms with Crippen molar-refractivity contribution < 1.29 is 4.79 Å². The van der Waals surface area contributed by atoms with Crippen molar-refractivity contribution in [1.29, 1.82) is 0 Å². The number of aryl methyl sites for hydroxylation is 1. The van der Waals surface area contributed by atoms with E-state index in [9.17, 15) is 4.79 Å². The predicted octanol–water partition coefficient (Wildman–Crippen LogP) is 2.35. The Hall–Kier alpha value is -1.49. The fraction of sp³-hybridized carbons (Fsp3) is 0.250. The van der Waals surface area contributed by atoms with Gasteiger partial charge in [-0.3, -0.25) is 4.79 Å². The van der Waals surface area contributed by atoms with Crippen LogP contribution in [0.1, 0.15) is 21.9 Å². The average Bonchev–Trinajstić information content (AvgIpc) is 2.86. The minimum Gasteiger partial charge on any atom is -0.356 e. The molecule has 0 saturated carbocycles. The van der Waals surface area contributed by atoms with Crippen molar-refractivity contribution in [2.45, 2.75) is 13.5 Å². The van der Waals surface area contributed by atoms with Crippen LogP contribution in [-0.4, -0.2) is 15.5 Å². The molecule has 2 aromatic heterocycles. The number of nitrogens with one attached hydrogen (secondary N) is 2. The number of hydrogen-bond donors (Lipinski definition) is 2. The smallest absolute Gasteiger partial charge is 0.268 e. The maximum absolute atomic E-state index is 11.8. The third-order valence-corrected chi connectivity index (χ3v) is 3.26. The summed E-state index contributed by atoms with van der Waals surface area (Å²) < 4.78 is 2.93. The zero-order chi connectivity index (χ0) is 12.4. The van der Waals surface area contributed by atoms with Gasteiger partial charge in [0, 0.05) is 29.1 Å². The van der Waals surface area contributed by atoms with Crippen molar-refractivity contribution >= 4 is 21.8 Å². The quantitative estimate of drug-likeness (QED) is 0.897. The molecule has 0 unspecified atom stereocenters. The summed E-state index contributed by atoms with van der Waals surface area (Å²) in [7, 11) is 1.99. The minimum atomic E-state index is -0.102. The van der Waals surface area contributed by atoms with Gasteiger partial charge in [-0.15, -0.1) is 0 Å². The number of carbonyl (C=O) groups is 1. The average molecular weight is 296 g/mol. The van der Waals surface area contributed by atoms with Gasteiger partial charge in [0.2, 0.25) is 0 Å². The van der Waals surface area contributed by atoms with Crippen LogP contribution in [0.2, 0.25) is 0 Å². The molecule has 0 saturated heterocycles. The van der Waals surface area contributed by atoms with Gasteiger partial charge >= 0.3 is 0 Å². The van der Waals surface area contributed by atoms with E-state index in [4.69, 9.17) is 0 Å². The molecule has 90 valence electrons. The SMILES string of the molecule is Cc1ccc(CNC(=O)c2cc(Br)c[nH]2)n1C. The molecule has 0 fully saturated rings. The number of rotatable bonds is 3. The number of H-pyrrole nitrogens is 1. The van der Waals surface area contributed by atoms with Gasteiger partial charge in [-0.2, -0.15) is 0 Å². The molecule has 2 aromatic rings. The van der Waals surface area contributed by atoms with E-state index >= 15 is 0 Å². The topological polar surface area (TPSA) is 49.8 Å². The lowest BCUT2D eigenvalue weighted by Crippen LogP contribution is -2.24. The molecule has 2 N–H and O–H groups in total. The van der Waals surface area contributed by atoms with E-state index in [1.165, 1.54) is 5.69 Å². The highest BCUT2D eigenvalue weighted by atomic mass is 79.9. The highest BCUT2D eigenvalue weighted by molar-refractivity contribution is 9.10. The Kier molecular flexibility index (Phi) is 3.38. The van der Waals surface area contributed by atoms with E-state index in [1.54, 1.807) is 12.3 Å². The summed E-state index contributed by atoms with van der Waals surface area (Å²) in [5.74, 6) is -0.102. The molecule has 0 aromatic carbocycles. The lowest BCUT2D eigenvalue weighted by atomic mass is 10.3. The molecule has 0 aliphatic carbocycles. The fourth-order valence-corrected chi connectivity index (χ4v) is 1.95. The molecule has 0 spiro atoms. The van der Waals surface area contributed by atoms with Gasteiger partial charge < -0.3 is 14.9 Å². The first kappa shape index (κ1) is 12.0. The monoisotopic (exact) mass is 295 g/mol. The summed E-state index contributed by atoms with van der Waals surface area (Å²) in [4.78, 5) is 14.7. The van der Waals surface area contributed by atoms with Gasteiger partial charge in [0.15, 0.2) is 0 Å². The van der Waals surface area contributed by atoms with Gasteiger partial charge in [0.1, 0.15) is 5.69 Å². The largest absolute Gasteiger partial charge is 0.356 e. The van der Waals surface area contributed by atoms with Crippen LogP contribution in [0.25, 0.3) is 0 Å². The first-order valence-electron chi connectivity index (χ1n) is 5.31. The second-order valence-corrected chi connectivity index (χ2v) is 4.85. The van der Waals surface area contributed by atoms with E-state index < -0.39 is 0 Å². The van der Waals surface area contributed by atoms with Crippen molar-refractivity contribution in [2.75, 3.05) is 0 Å². The Labute approximate surface area is 108 Å². The third kappa shape index (κ3) is 2.61. The molecule has 5 heteroatoms. The van der Waals surface area contributed by atoms with Crippen LogP contribution in [0.4, 0.5) is 0 Å².